The molecule has 1 heteroatoms. The van der Waals surface area contributed by atoms with E-state index in [1.807, 2.05) is 13.0 Å². The Morgan fingerprint density at radius 3 is 2.55 bits per heavy atom. The van der Waals surface area contributed by atoms with E-state index in [-0.39, 0.29) is 6.61 Å². The van der Waals surface area contributed by atoms with Gasteiger partial charge < -0.3 is 5.11 Å². The van der Waals surface area contributed by atoms with Crippen molar-refractivity contribution in [2.24, 2.45) is 0 Å². The Morgan fingerprint density at radius 1 is 1.36 bits per heavy atom. The Kier molecular flexibility index (Phi) is 7.16. The lowest BCUT2D eigenvalue weighted by molar-refractivity contribution is 0.331. The molecule has 0 saturated carbocycles. The average Bonchev–Trinajstić information content (AvgIpc) is 2.04. The van der Waals surface area contributed by atoms with Crippen LogP contribution in [0.2, 0.25) is 0 Å². The van der Waals surface area contributed by atoms with Crippen LogP contribution in [0.5, 0.6) is 0 Å². The third-order valence-corrected chi connectivity index (χ3v) is 1.60. The Labute approximate surface area is 69.4 Å². The fourth-order valence-electron chi connectivity index (χ4n) is 0.846. The molecule has 0 radical (unpaired) electrons. The SMILES string of the molecule is C=CCCCC/C=C(\C)CO. The van der Waals surface area contributed by atoms with E-state index in [4.69, 9.17) is 5.11 Å². The van der Waals surface area contributed by atoms with Crippen molar-refractivity contribution in [3.05, 3.63) is 24.3 Å². The molecule has 0 heterocycles. The molecule has 0 spiro atoms. The predicted octanol–water partition coefficient (Wildman–Crippen LogP) is 2.67. The smallest absolute Gasteiger partial charge is 0.0639 e. The summed E-state index contributed by atoms with van der Waals surface area (Å²) in [4.78, 5) is 0. The Bertz CT molecular complexity index is 125. The highest BCUT2D eigenvalue weighted by Gasteiger charge is 1.85. The molecule has 0 aromatic rings. The average molecular weight is 154 g/mol. The lowest BCUT2D eigenvalue weighted by Crippen LogP contribution is -1.83. The van der Waals surface area contributed by atoms with Gasteiger partial charge in [0, 0.05) is 0 Å². The van der Waals surface area contributed by atoms with Crippen molar-refractivity contribution in [1.82, 2.24) is 0 Å². The van der Waals surface area contributed by atoms with Crippen LogP contribution in [-0.2, 0) is 0 Å². The normalized spacial score (nSPS) is 11.6. The molecular formula is C10H18O. The summed E-state index contributed by atoms with van der Waals surface area (Å²) in [6.07, 6.45) is 8.64. The van der Waals surface area contributed by atoms with E-state index >= 15 is 0 Å². The highest BCUT2D eigenvalue weighted by molar-refractivity contribution is 4.97. The minimum absolute atomic E-state index is 0.196. The zero-order valence-electron chi connectivity index (χ0n) is 7.34. The summed E-state index contributed by atoms with van der Waals surface area (Å²) < 4.78 is 0. The Hall–Kier alpha value is -0.560. The van der Waals surface area contributed by atoms with Crippen LogP contribution < -0.4 is 0 Å². The van der Waals surface area contributed by atoms with Crippen LogP contribution in [0.3, 0.4) is 0 Å². The quantitative estimate of drug-likeness (QED) is 0.460. The van der Waals surface area contributed by atoms with Gasteiger partial charge in [0.2, 0.25) is 0 Å². The molecule has 0 amide bonds. The van der Waals surface area contributed by atoms with Gasteiger partial charge in [-0.1, -0.05) is 17.7 Å². The molecule has 1 N–H and O–H groups in total. The first kappa shape index (κ1) is 10.4. The number of unbranched alkanes of at least 4 members (excludes halogenated alkanes) is 3. The fourth-order valence-corrected chi connectivity index (χ4v) is 0.846. The topological polar surface area (TPSA) is 20.2 Å². The minimum atomic E-state index is 0.196. The van der Waals surface area contributed by atoms with Crippen LogP contribution in [0.15, 0.2) is 24.3 Å². The molecule has 0 atom stereocenters. The second kappa shape index (κ2) is 7.55. The first-order valence-corrected chi connectivity index (χ1v) is 4.18. The number of hydrogen-bond donors (Lipinski definition) is 1. The first-order valence-electron chi connectivity index (χ1n) is 4.18. The van der Waals surface area contributed by atoms with Gasteiger partial charge in [-0.3, -0.25) is 0 Å². The van der Waals surface area contributed by atoms with E-state index < -0.39 is 0 Å². The zero-order chi connectivity index (χ0) is 8.53. The van der Waals surface area contributed by atoms with Crippen molar-refractivity contribution < 1.29 is 5.11 Å². The second-order valence-electron chi connectivity index (χ2n) is 2.78. The number of allylic oxidation sites excluding steroid dienone is 2. The fraction of sp³-hybridized carbons (Fsp3) is 0.600. The van der Waals surface area contributed by atoms with Crippen molar-refractivity contribution >= 4 is 0 Å². The van der Waals surface area contributed by atoms with Crippen molar-refractivity contribution in [3.63, 3.8) is 0 Å². The molecule has 64 valence electrons. The molecular weight excluding hydrogens is 136 g/mol. The maximum atomic E-state index is 8.65. The summed E-state index contributed by atoms with van der Waals surface area (Å²) in [5.41, 5.74) is 1.07. The van der Waals surface area contributed by atoms with Crippen LogP contribution >= 0.6 is 0 Å². The summed E-state index contributed by atoms with van der Waals surface area (Å²) >= 11 is 0. The van der Waals surface area contributed by atoms with Gasteiger partial charge in [-0.15, -0.1) is 6.58 Å². The molecule has 0 rings (SSSR count). The lowest BCUT2D eigenvalue weighted by atomic mass is 10.1. The van der Waals surface area contributed by atoms with Gasteiger partial charge in [0.05, 0.1) is 6.61 Å². The molecule has 0 fully saturated rings. The summed E-state index contributed by atoms with van der Waals surface area (Å²) in [5, 5.41) is 8.65. The lowest BCUT2D eigenvalue weighted by Gasteiger charge is -1.95. The molecule has 0 aromatic carbocycles. The molecule has 1 nitrogen and oxygen atoms in total. The highest BCUT2D eigenvalue weighted by Crippen LogP contribution is 2.03. The Balaban J connectivity index is 3.19. The standard InChI is InChI=1S/C10H18O/c1-3-4-5-6-7-8-10(2)9-11/h3,8,11H,1,4-7,9H2,2H3/b10-8+. The molecule has 0 bridgehead atoms. The van der Waals surface area contributed by atoms with E-state index in [1.165, 1.54) is 12.8 Å². The predicted molar refractivity (Wildman–Crippen MR) is 49.5 cm³/mol. The van der Waals surface area contributed by atoms with Gasteiger partial charge in [0.15, 0.2) is 0 Å². The van der Waals surface area contributed by atoms with E-state index in [1.54, 1.807) is 0 Å². The van der Waals surface area contributed by atoms with Crippen LogP contribution in [-0.4, -0.2) is 11.7 Å². The summed E-state index contributed by atoms with van der Waals surface area (Å²) in [6.45, 7) is 5.80. The van der Waals surface area contributed by atoms with E-state index in [9.17, 15) is 0 Å². The molecule has 0 aliphatic rings. The second-order valence-corrected chi connectivity index (χ2v) is 2.78. The largest absolute Gasteiger partial charge is 0.392 e. The monoisotopic (exact) mass is 154 g/mol. The van der Waals surface area contributed by atoms with Crippen molar-refractivity contribution in [2.45, 2.75) is 32.6 Å². The maximum absolute atomic E-state index is 8.65. The van der Waals surface area contributed by atoms with Crippen molar-refractivity contribution in [1.29, 1.82) is 0 Å². The molecule has 0 unspecified atom stereocenters. The van der Waals surface area contributed by atoms with E-state index in [0.717, 1.165) is 18.4 Å². The van der Waals surface area contributed by atoms with Gasteiger partial charge in [-0.05, 0) is 32.6 Å². The highest BCUT2D eigenvalue weighted by atomic mass is 16.3. The van der Waals surface area contributed by atoms with Crippen molar-refractivity contribution in [3.8, 4) is 0 Å². The number of aliphatic hydroxyl groups is 1. The third kappa shape index (κ3) is 7.34. The van der Waals surface area contributed by atoms with Crippen LogP contribution in [0.4, 0.5) is 0 Å². The minimum Gasteiger partial charge on any atom is -0.392 e. The van der Waals surface area contributed by atoms with Crippen LogP contribution in [0, 0.1) is 0 Å². The van der Waals surface area contributed by atoms with Gasteiger partial charge >= 0.3 is 0 Å². The van der Waals surface area contributed by atoms with Gasteiger partial charge in [0.25, 0.3) is 0 Å². The molecule has 11 heavy (non-hydrogen) atoms. The summed E-state index contributed by atoms with van der Waals surface area (Å²) in [6, 6.07) is 0. The van der Waals surface area contributed by atoms with Crippen LogP contribution in [0.25, 0.3) is 0 Å². The first-order chi connectivity index (χ1) is 5.31. The number of aliphatic hydroxyl groups excluding tert-OH is 1. The van der Waals surface area contributed by atoms with E-state index in [2.05, 4.69) is 12.7 Å². The maximum Gasteiger partial charge on any atom is 0.0639 e. The molecule has 0 aromatic heterocycles. The van der Waals surface area contributed by atoms with Crippen molar-refractivity contribution in [2.75, 3.05) is 6.61 Å². The zero-order valence-corrected chi connectivity index (χ0v) is 7.34. The van der Waals surface area contributed by atoms with E-state index in [0.29, 0.717) is 0 Å². The van der Waals surface area contributed by atoms with Gasteiger partial charge in [0.1, 0.15) is 0 Å². The van der Waals surface area contributed by atoms with Gasteiger partial charge in [-0.2, -0.15) is 0 Å². The molecule has 0 aliphatic carbocycles. The summed E-state index contributed by atoms with van der Waals surface area (Å²) in [7, 11) is 0. The Morgan fingerprint density at radius 2 is 2.00 bits per heavy atom. The summed E-state index contributed by atoms with van der Waals surface area (Å²) in [5.74, 6) is 0. The van der Waals surface area contributed by atoms with Gasteiger partial charge in [-0.25, -0.2) is 0 Å². The van der Waals surface area contributed by atoms with Crippen LogP contribution in [0.1, 0.15) is 32.6 Å². The molecule has 0 aliphatic heterocycles. The molecule has 0 saturated heterocycles. The number of hydrogen-bond acceptors (Lipinski definition) is 1. The number of rotatable bonds is 6. The third-order valence-electron chi connectivity index (χ3n) is 1.60.